The lowest BCUT2D eigenvalue weighted by atomic mass is 10.1. The number of phenols is 1. The number of aliphatic hydroxyl groups excluding tert-OH is 1. The molecule has 0 saturated heterocycles. The second-order valence-electron chi connectivity index (χ2n) is 7.02. The van der Waals surface area contributed by atoms with Gasteiger partial charge in [-0.1, -0.05) is 0 Å². The molecule has 0 aliphatic rings. The fraction of sp³-hybridized carbons (Fsp3) is 0.200. The predicted molar refractivity (Wildman–Crippen MR) is 112 cm³/mol. The third kappa shape index (κ3) is 3.85. The Kier molecular flexibility index (Phi) is 5.17. The van der Waals surface area contributed by atoms with Crippen LogP contribution in [-0.2, 0) is 13.3 Å². The highest BCUT2D eigenvalue weighted by Crippen LogP contribution is 2.26. The number of nitrogens with two attached hydrogens (primary N) is 1. The van der Waals surface area contributed by atoms with Crippen molar-refractivity contribution in [2.45, 2.75) is 20.2 Å². The molecule has 0 aliphatic heterocycles. The molecule has 4 rings (SSSR count). The van der Waals surface area contributed by atoms with Crippen LogP contribution in [0.2, 0.25) is 0 Å². The lowest BCUT2D eigenvalue weighted by molar-refractivity contribution is 0.0781. The topological polar surface area (TPSA) is 156 Å². The van der Waals surface area contributed by atoms with Crippen molar-refractivity contribution in [3.63, 3.8) is 0 Å². The quantitative estimate of drug-likeness (QED) is 0.430. The van der Waals surface area contributed by atoms with Crippen LogP contribution < -0.4 is 5.73 Å². The molecule has 1 amide bonds. The summed E-state index contributed by atoms with van der Waals surface area (Å²) in [4.78, 5) is 23.8. The van der Waals surface area contributed by atoms with Crippen molar-refractivity contribution >= 4 is 22.6 Å². The van der Waals surface area contributed by atoms with E-state index in [2.05, 4.69) is 25.3 Å². The fourth-order valence-electron chi connectivity index (χ4n) is 3.21. The van der Waals surface area contributed by atoms with E-state index in [0.29, 0.717) is 16.5 Å². The monoisotopic (exact) mass is 420 g/mol. The Morgan fingerprint density at radius 3 is 2.74 bits per heavy atom. The molecule has 3 aromatic heterocycles. The van der Waals surface area contributed by atoms with Crippen LogP contribution in [0, 0.1) is 6.92 Å². The number of aromatic hydroxyl groups is 1. The van der Waals surface area contributed by atoms with E-state index in [1.807, 2.05) is 6.92 Å². The molecular formula is C20H20N8O3. The number of hydrogen-bond donors (Lipinski definition) is 3. The summed E-state index contributed by atoms with van der Waals surface area (Å²) in [5.41, 5.74) is 8.39. The highest BCUT2D eigenvalue weighted by molar-refractivity contribution is 6.05. The minimum Gasteiger partial charge on any atom is -0.508 e. The minimum absolute atomic E-state index is 0.00422. The van der Waals surface area contributed by atoms with E-state index in [9.17, 15) is 15.0 Å². The Hall–Kier alpha value is -4.12. The predicted octanol–water partition coefficient (Wildman–Crippen LogP) is 1.10. The first-order valence-corrected chi connectivity index (χ1v) is 9.34. The zero-order chi connectivity index (χ0) is 22.1. The number of nitrogens with zero attached hydrogens (tertiary/aromatic N) is 7. The minimum atomic E-state index is -0.370. The number of carbonyl (C=O) groups is 1. The molecule has 0 bridgehead atoms. The van der Waals surface area contributed by atoms with Crippen molar-refractivity contribution in [2.24, 2.45) is 0 Å². The number of nitrogen functional groups attached to an aromatic ring is 1. The number of benzene rings is 1. The van der Waals surface area contributed by atoms with Gasteiger partial charge in [-0.15, -0.1) is 5.10 Å². The molecule has 0 unspecified atom stereocenters. The molecule has 3 heterocycles. The summed E-state index contributed by atoms with van der Waals surface area (Å²) in [6, 6.07) is 6.12. The average Bonchev–Trinajstić information content (AvgIpc) is 3.11. The molecule has 0 aliphatic carbocycles. The van der Waals surface area contributed by atoms with Crippen LogP contribution in [0.5, 0.6) is 5.75 Å². The van der Waals surface area contributed by atoms with Crippen molar-refractivity contribution in [3.8, 4) is 17.1 Å². The number of carbonyl (C=O) groups excluding carboxylic acids is 1. The van der Waals surface area contributed by atoms with Crippen molar-refractivity contribution in [1.82, 2.24) is 34.8 Å². The van der Waals surface area contributed by atoms with E-state index in [-0.39, 0.29) is 42.3 Å². The van der Waals surface area contributed by atoms with Gasteiger partial charge in [0.05, 0.1) is 17.9 Å². The van der Waals surface area contributed by atoms with E-state index < -0.39 is 0 Å². The van der Waals surface area contributed by atoms with Gasteiger partial charge in [-0.25, -0.2) is 14.6 Å². The van der Waals surface area contributed by atoms with Crippen LogP contribution in [0.25, 0.3) is 22.3 Å². The van der Waals surface area contributed by atoms with Crippen LogP contribution in [0.4, 0.5) is 5.82 Å². The zero-order valence-electron chi connectivity index (χ0n) is 16.9. The van der Waals surface area contributed by atoms with Crippen LogP contribution in [0.3, 0.4) is 0 Å². The summed E-state index contributed by atoms with van der Waals surface area (Å²) >= 11 is 0. The lowest BCUT2D eigenvalue weighted by Crippen LogP contribution is -2.27. The molecule has 1 aromatic carbocycles. The molecule has 4 aromatic rings. The van der Waals surface area contributed by atoms with E-state index in [1.54, 1.807) is 25.4 Å². The summed E-state index contributed by atoms with van der Waals surface area (Å²) in [5.74, 6) is 0.0925. The molecule has 0 fully saturated rings. The number of amides is 1. The van der Waals surface area contributed by atoms with Gasteiger partial charge in [0.15, 0.2) is 5.82 Å². The molecular weight excluding hydrogens is 400 g/mol. The Labute approximate surface area is 176 Å². The SMILES string of the molecule is Cc1c(CN(C)C(=O)c2nc(-c3cnnc(N)c3)nc3ccc(O)cc23)cnn1CO. The van der Waals surface area contributed by atoms with Gasteiger partial charge in [0, 0.05) is 35.8 Å². The number of aromatic nitrogens is 6. The van der Waals surface area contributed by atoms with E-state index in [1.165, 1.54) is 27.9 Å². The van der Waals surface area contributed by atoms with Gasteiger partial charge in [0.2, 0.25) is 0 Å². The van der Waals surface area contributed by atoms with Crippen molar-refractivity contribution in [3.05, 3.63) is 53.6 Å². The van der Waals surface area contributed by atoms with Gasteiger partial charge in [0.25, 0.3) is 5.91 Å². The standard InChI is InChI=1S/C20H20N8O3/c1-11-13(8-23-28(11)10-29)9-27(2)20(31)18-15-6-14(30)3-4-16(15)24-19(25-18)12-5-17(21)26-22-7-12/h3-8,29-30H,9-10H2,1-2H3,(H2,21,26). The van der Waals surface area contributed by atoms with Crippen molar-refractivity contribution < 1.29 is 15.0 Å². The molecule has 4 N–H and O–H groups in total. The van der Waals surface area contributed by atoms with Crippen LogP contribution in [-0.4, -0.2) is 58.0 Å². The summed E-state index contributed by atoms with van der Waals surface area (Å²) in [6.07, 6.45) is 3.07. The molecule has 158 valence electrons. The maximum absolute atomic E-state index is 13.3. The first-order chi connectivity index (χ1) is 14.9. The van der Waals surface area contributed by atoms with Gasteiger partial charge in [-0.05, 0) is 31.2 Å². The molecule has 0 saturated carbocycles. The Morgan fingerprint density at radius 1 is 1.23 bits per heavy atom. The number of aliphatic hydroxyl groups is 1. The van der Waals surface area contributed by atoms with Crippen LogP contribution in [0.15, 0.2) is 36.7 Å². The normalized spacial score (nSPS) is 11.1. The summed E-state index contributed by atoms with van der Waals surface area (Å²) < 4.78 is 1.44. The first kappa shape index (κ1) is 20.2. The number of anilines is 1. The molecule has 31 heavy (non-hydrogen) atoms. The van der Waals surface area contributed by atoms with Gasteiger partial charge < -0.3 is 20.8 Å². The van der Waals surface area contributed by atoms with Crippen molar-refractivity contribution in [2.75, 3.05) is 12.8 Å². The lowest BCUT2D eigenvalue weighted by Gasteiger charge is -2.18. The number of hydrogen-bond acceptors (Lipinski definition) is 9. The van der Waals surface area contributed by atoms with E-state index >= 15 is 0 Å². The maximum Gasteiger partial charge on any atom is 0.273 e. The van der Waals surface area contributed by atoms with E-state index in [0.717, 1.165) is 11.3 Å². The smallest absolute Gasteiger partial charge is 0.273 e. The number of fused-ring (bicyclic) bond motifs is 1. The third-order valence-corrected chi connectivity index (χ3v) is 4.91. The summed E-state index contributed by atoms with van der Waals surface area (Å²) in [6.45, 7) is 1.83. The largest absolute Gasteiger partial charge is 0.508 e. The Bertz CT molecular complexity index is 1290. The highest BCUT2D eigenvalue weighted by Gasteiger charge is 2.21. The summed E-state index contributed by atoms with van der Waals surface area (Å²) in [7, 11) is 1.64. The van der Waals surface area contributed by atoms with Gasteiger partial charge in [-0.2, -0.15) is 10.2 Å². The molecule has 11 heteroatoms. The second-order valence-corrected chi connectivity index (χ2v) is 7.02. The molecule has 0 radical (unpaired) electrons. The second kappa shape index (κ2) is 7.95. The van der Waals surface area contributed by atoms with Crippen LogP contribution in [0.1, 0.15) is 21.7 Å². The zero-order valence-corrected chi connectivity index (χ0v) is 16.9. The third-order valence-electron chi connectivity index (χ3n) is 4.91. The number of phenolic OH excluding ortho intramolecular Hbond substituents is 1. The van der Waals surface area contributed by atoms with Crippen LogP contribution >= 0.6 is 0 Å². The molecule has 11 nitrogen and oxygen atoms in total. The van der Waals surface area contributed by atoms with Gasteiger partial charge in [-0.3, -0.25) is 4.79 Å². The Morgan fingerprint density at radius 2 is 2.03 bits per heavy atom. The molecule has 0 atom stereocenters. The number of rotatable bonds is 5. The highest BCUT2D eigenvalue weighted by atomic mass is 16.3. The fourth-order valence-corrected chi connectivity index (χ4v) is 3.21. The molecule has 0 spiro atoms. The van der Waals surface area contributed by atoms with Gasteiger partial charge in [0.1, 0.15) is 24.0 Å². The Balaban J connectivity index is 1.77. The average molecular weight is 420 g/mol. The first-order valence-electron chi connectivity index (χ1n) is 9.34. The summed E-state index contributed by atoms with van der Waals surface area (Å²) in [5, 5.41) is 31.3. The van der Waals surface area contributed by atoms with E-state index in [4.69, 9.17) is 5.73 Å². The van der Waals surface area contributed by atoms with Crippen molar-refractivity contribution in [1.29, 1.82) is 0 Å². The maximum atomic E-state index is 13.3. The van der Waals surface area contributed by atoms with Gasteiger partial charge >= 0.3 is 0 Å².